The van der Waals surface area contributed by atoms with Gasteiger partial charge in [-0.1, -0.05) is 0 Å². The number of carbonyl (C=O) groups is 1. The number of nitrogens with zero attached hydrogens (tertiary/aromatic N) is 2. The first-order chi connectivity index (χ1) is 9.45. The zero-order valence-corrected chi connectivity index (χ0v) is 12.5. The first-order valence-corrected chi connectivity index (χ1v) is 7.66. The van der Waals surface area contributed by atoms with Gasteiger partial charge in [0.2, 0.25) is 5.82 Å². The molecule has 2 N–H and O–H groups in total. The van der Waals surface area contributed by atoms with Gasteiger partial charge in [0.25, 0.3) is 0 Å². The summed E-state index contributed by atoms with van der Waals surface area (Å²) in [6, 6.07) is 0.866. The molecule has 0 spiro atoms. The van der Waals surface area contributed by atoms with Gasteiger partial charge in [0.15, 0.2) is 9.84 Å². The molecule has 0 aliphatic rings. The number of carboxylic acids is 1. The van der Waals surface area contributed by atoms with E-state index in [4.69, 9.17) is 5.11 Å². The minimum absolute atomic E-state index is 0.105. The molecule has 1 aromatic heterocycles. The number of carboxylic acid groups (broad SMARTS) is 1. The summed E-state index contributed by atoms with van der Waals surface area (Å²) in [5, 5.41) is 22.3. The van der Waals surface area contributed by atoms with Crippen LogP contribution in [-0.2, 0) is 9.84 Å². The molecule has 1 aromatic rings. The van der Waals surface area contributed by atoms with E-state index >= 15 is 0 Å². The second-order valence-electron chi connectivity index (χ2n) is 5.04. The smallest absolute Gasteiger partial charge is 0.337 e. The van der Waals surface area contributed by atoms with Gasteiger partial charge >= 0.3 is 11.7 Å². The minimum Gasteiger partial charge on any atom is -0.478 e. The molecule has 0 saturated carbocycles. The molecule has 116 valence electrons. The van der Waals surface area contributed by atoms with Gasteiger partial charge in [-0.15, -0.1) is 0 Å². The van der Waals surface area contributed by atoms with E-state index in [1.165, 1.54) is 13.8 Å². The summed E-state index contributed by atoms with van der Waals surface area (Å²) in [6.07, 6.45) is 2.02. The maximum Gasteiger partial charge on any atom is 0.337 e. The van der Waals surface area contributed by atoms with Crippen molar-refractivity contribution in [3.8, 4) is 0 Å². The molecule has 0 aliphatic heterocycles. The molecule has 0 atom stereocenters. The molecule has 10 heteroatoms. The Labute approximate surface area is 121 Å². The van der Waals surface area contributed by atoms with E-state index in [1.807, 2.05) is 0 Å². The lowest BCUT2D eigenvalue weighted by Gasteiger charge is -2.22. The topological polar surface area (TPSA) is 140 Å². The molecular weight excluding hydrogens is 302 g/mol. The number of aromatic nitrogens is 1. The maximum atomic E-state index is 11.6. The van der Waals surface area contributed by atoms with Crippen molar-refractivity contribution in [1.82, 2.24) is 4.98 Å². The molecule has 0 aromatic carbocycles. The molecule has 9 nitrogen and oxygen atoms in total. The Kier molecular flexibility index (Phi) is 4.52. The van der Waals surface area contributed by atoms with Crippen LogP contribution in [0.4, 0.5) is 11.5 Å². The van der Waals surface area contributed by atoms with E-state index in [2.05, 4.69) is 10.3 Å². The van der Waals surface area contributed by atoms with Crippen LogP contribution in [0.15, 0.2) is 12.3 Å². The third kappa shape index (κ3) is 3.88. The SMILES string of the molecule is CC(C)(CNc1ncc(C(=O)O)cc1[N+](=O)[O-])S(C)(=O)=O. The average molecular weight is 317 g/mol. The van der Waals surface area contributed by atoms with Crippen molar-refractivity contribution in [1.29, 1.82) is 0 Å². The Balaban J connectivity index is 3.10. The van der Waals surface area contributed by atoms with Crippen LogP contribution in [0.1, 0.15) is 24.2 Å². The Bertz CT molecular complexity index is 683. The van der Waals surface area contributed by atoms with E-state index in [9.17, 15) is 23.3 Å². The third-order valence-corrected chi connectivity index (χ3v) is 5.15. The van der Waals surface area contributed by atoms with E-state index in [1.54, 1.807) is 0 Å². The van der Waals surface area contributed by atoms with Crippen molar-refractivity contribution in [2.45, 2.75) is 18.6 Å². The van der Waals surface area contributed by atoms with Gasteiger partial charge < -0.3 is 10.4 Å². The van der Waals surface area contributed by atoms with Crippen LogP contribution in [0, 0.1) is 10.1 Å². The molecule has 0 bridgehead atoms. The van der Waals surface area contributed by atoms with Gasteiger partial charge in [0.05, 0.1) is 15.2 Å². The lowest BCUT2D eigenvalue weighted by molar-refractivity contribution is -0.384. The highest BCUT2D eigenvalue weighted by molar-refractivity contribution is 7.92. The van der Waals surface area contributed by atoms with Crippen molar-refractivity contribution in [3.05, 3.63) is 27.9 Å². The zero-order valence-electron chi connectivity index (χ0n) is 11.7. The van der Waals surface area contributed by atoms with Crippen LogP contribution < -0.4 is 5.32 Å². The molecule has 21 heavy (non-hydrogen) atoms. The van der Waals surface area contributed by atoms with E-state index in [0.717, 1.165) is 18.5 Å². The van der Waals surface area contributed by atoms with Crippen molar-refractivity contribution in [2.75, 3.05) is 18.1 Å². The largest absolute Gasteiger partial charge is 0.478 e. The summed E-state index contributed by atoms with van der Waals surface area (Å²) in [7, 11) is -3.38. The highest BCUT2D eigenvalue weighted by Crippen LogP contribution is 2.24. The molecule has 0 radical (unpaired) electrons. The standard InChI is InChI=1S/C11H15N3O6S/c1-11(2,21(3,19)20)6-13-9-8(14(17)18)4-7(5-12-9)10(15)16/h4-5H,6H2,1-3H3,(H,12,13)(H,15,16). The van der Waals surface area contributed by atoms with Crippen LogP contribution in [0.2, 0.25) is 0 Å². The average Bonchev–Trinajstić information content (AvgIpc) is 2.34. The number of hydrogen-bond acceptors (Lipinski definition) is 7. The van der Waals surface area contributed by atoms with Crippen LogP contribution in [0.25, 0.3) is 0 Å². The Morgan fingerprint density at radius 3 is 2.52 bits per heavy atom. The van der Waals surface area contributed by atoms with E-state index in [0.29, 0.717) is 0 Å². The van der Waals surface area contributed by atoms with Crippen LogP contribution >= 0.6 is 0 Å². The third-order valence-electron chi connectivity index (χ3n) is 3.00. The fraction of sp³-hybridized carbons (Fsp3) is 0.455. The van der Waals surface area contributed by atoms with Gasteiger partial charge in [-0.25, -0.2) is 18.2 Å². The van der Waals surface area contributed by atoms with E-state index < -0.39 is 31.2 Å². The summed E-state index contributed by atoms with van der Waals surface area (Å²) in [4.78, 5) is 24.6. The Hall–Kier alpha value is -2.23. The lowest BCUT2D eigenvalue weighted by atomic mass is 10.2. The van der Waals surface area contributed by atoms with E-state index in [-0.39, 0.29) is 17.9 Å². The second kappa shape index (κ2) is 5.64. The Morgan fingerprint density at radius 1 is 1.52 bits per heavy atom. The first-order valence-electron chi connectivity index (χ1n) is 5.77. The molecule has 0 amide bonds. The normalized spacial score (nSPS) is 12.0. The van der Waals surface area contributed by atoms with Crippen molar-refractivity contribution < 1.29 is 23.2 Å². The van der Waals surface area contributed by atoms with Gasteiger partial charge in [-0.3, -0.25) is 10.1 Å². The number of pyridine rings is 1. The predicted molar refractivity (Wildman–Crippen MR) is 75.3 cm³/mol. The number of rotatable bonds is 6. The summed E-state index contributed by atoms with van der Waals surface area (Å²) in [5.41, 5.74) is -0.853. The van der Waals surface area contributed by atoms with Crippen LogP contribution in [0.5, 0.6) is 0 Å². The monoisotopic (exact) mass is 317 g/mol. The van der Waals surface area contributed by atoms with Crippen molar-refractivity contribution >= 4 is 27.3 Å². The molecule has 0 aliphatic carbocycles. The van der Waals surface area contributed by atoms with Gasteiger partial charge in [-0.05, 0) is 13.8 Å². The fourth-order valence-electron chi connectivity index (χ4n) is 1.27. The molecule has 1 rings (SSSR count). The first kappa shape index (κ1) is 16.8. The lowest BCUT2D eigenvalue weighted by Crippen LogP contribution is -2.38. The molecule has 0 unspecified atom stereocenters. The number of hydrogen-bond donors (Lipinski definition) is 2. The zero-order chi connectivity index (χ0) is 16.4. The Morgan fingerprint density at radius 2 is 2.10 bits per heavy atom. The number of nitrogens with one attached hydrogen (secondary N) is 1. The van der Waals surface area contributed by atoms with Crippen LogP contribution in [0.3, 0.4) is 0 Å². The molecule has 0 fully saturated rings. The molecule has 0 saturated heterocycles. The van der Waals surface area contributed by atoms with Gasteiger partial charge in [0.1, 0.15) is 0 Å². The number of anilines is 1. The minimum atomic E-state index is -3.38. The summed E-state index contributed by atoms with van der Waals surface area (Å²) >= 11 is 0. The second-order valence-corrected chi connectivity index (χ2v) is 7.69. The highest BCUT2D eigenvalue weighted by atomic mass is 32.2. The fourth-order valence-corrected chi connectivity index (χ4v) is 1.61. The quantitative estimate of drug-likeness (QED) is 0.583. The number of nitro groups is 1. The summed E-state index contributed by atoms with van der Waals surface area (Å²) < 4.78 is 22.0. The molecule has 1 heterocycles. The predicted octanol–water partition coefficient (Wildman–Crippen LogP) is 0.923. The summed E-state index contributed by atoms with van der Waals surface area (Å²) in [6.45, 7) is 2.83. The number of aromatic carboxylic acids is 1. The van der Waals surface area contributed by atoms with Crippen molar-refractivity contribution in [3.63, 3.8) is 0 Å². The van der Waals surface area contributed by atoms with Crippen molar-refractivity contribution in [2.24, 2.45) is 0 Å². The van der Waals surface area contributed by atoms with Crippen LogP contribution in [-0.4, -0.2) is 46.9 Å². The van der Waals surface area contributed by atoms with Gasteiger partial charge in [-0.2, -0.15) is 0 Å². The van der Waals surface area contributed by atoms with Gasteiger partial charge in [0, 0.05) is 25.1 Å². The maximum absolute atomic E-state index is 11.6. The number of sulfone groups is 1. The highest BCUT2D eigenvalue weighted by Gasteiger charge is 2.31. The summed E-state index contributed by atoms with van der Waals surface area (Å²) in [5.74, 6) is -1.52. The molecular formula is C11H15N3O6S.